The quantitative estimate of drug-likeness (QED) is 0.768. The highest BCUT2D eigenvalue weighted by Crippen LogP contribution is 2.33. The van der Waals surface area contributed by atoms with Gasteiger partial charge in [-0.2, -0.15) is 0 Å². The molecular formula is C12H12Br2O. The maximum Gasteiger partial charge on any atom is 0.149 e. The molecule has 1 atom stereocenters. The molecule has 1 nitrogen and oxygen atoms in total. The van der Waals surface area contributed by atoms with Crippen molar-refractivity contribution in [1.82, 2.24) is 0 Å². The van der Waals surface area contributed by atoms with Crippen molar-refractivity contribution >= 4 is 37.6 Å². The van der Waals surface area contributed by atoms with E-state index in [0.717, 1.165) is 23.7 Å². The summed E-state index contributed by atoms with van der Waals surface area (Å²) in [6.45, 7) is 0. The first-order chi connectivity index (χ1) is 7.16. The van der Waals surface area contributed by atoms with E-state index in [1.165, 1.54) is 5.56 Å². The summed E-state index contributed by atoms with van der Waals surface area (Å²) >= 11 is 6.87. The first kappa shape index (κ1) is 11.3. The third-order valence-corrected chi connectivity index (χ3v) is 3.92. The van der Waals surface area contributed by atoms with Gasteiger partial charge in [0.1, 0.15) is 5.78 Å². The lowest BCUT2D eigenvalue weighted by atomic mass is 10.1. The highest BCUT2D eigenvalue weighted by atomic mass is 79.9. The van der Waals surface area contributed by atoms with Crippen molar-refractivity contribution in [1.29, 1.82) is 0 Å². The summed E-state index contributed by atoms with van der Waals surface area (Å²) in [7, 11) is 0. The number of Topliss-reactive ketones (excluding diaryl/α,β-unsaturated/α-hetero) is 1. The Bertz CT molecular complexity index is 354. The molecule has 0 bridgehead atoms. The van der Waals surface area contributed by atoms with E-state index in [4.69, 9.17) is 0 Å². The molecule has 1 aromatic carbocycles. The van der Waals surface area contributed by atoms with Crippen LogP contribution in [0.3, 0.4) is 0 Å². The third kappa shape index (κ3) is 3.15. The van der Waals surface area contributed by atoms with Crippen LogP contribution in [0.1, 0.15) is 18.4 Å². The maximum atomic E-state index is 11.7. The lowest BCUT2D eigenvalue weighted by Gasteiger charge is -2.08. The van der Waals surface area contributed by atoms with Gasteiger partial charge in [0.05, 0.1) is 4.83 Å². The van der Waals surface area contributed by atoms with Gasteiger partial charge in [-0.05, 0) is 37.0 Å². The fourth-order valence-electron chi connectivity index (χ4n) is 1.55. The van der Waals surface area contributed by atoms with Crippen molar-refractivity contribution in [2.75, 3.05) is 0 Å². The van der Waals surface area contributed by atoms with Crippen molar-refractivity contribution in [2.45, 2.75) is 24.1 Å². The molecule has 0 radical (unpaired) electrons. The molecule has 1 aliphatic carbocycles. The van der Waals surface area contributed by atoms with Crippen molar-refractivity contribution in [2.24, 2.45) is 5.92 Å². The molecule has 0 heterocycles. The van der Waals surface area contributed by atoms with Gasteiger partial charge in [0.2, 0.25) is 0 Å². The Hall–Kier alpha value is -0.150. The predicted molar refractivity (Wildman–Crippen MR) is 68.3 cm³/mol. The molecule has 0 aliphatic heterocycles. The van der Waals surface area contributed by atoms with Crippen LogP contribution in [0.5, 0.6) is 0 Å². The molecule has 2 rings (SSSR count). The number of carbonyl (C=O) groups excluding carboxylic acids is 1. The molecule has 15 heavy (non-hydrogen) atoms. The standard InChI is InChI=1S/C12H12Br2O/c13-10-5-1-8(2-6-10)7-11(14)12(15)9-3-4-9/h1-2,5-6,9,11H,3-4,7H2. The van der Waals surface area contributed by atoms with Crippen LogP contribution >= 0.6 is 31.9 Å². The van der Waals surface area contributed by atoms with Crippen LogP contribution in [0.2, 0.25) is 0 Å². The highest BCUT2D eigenvalue weighted by Gasteiger charge is 2.33. The number of carbonyl (C=O) groups is 1. The number of benzene rings is 1. The van der Waals surface area contributed by atoms with Crippen molar-refractivity contribution in [3.8, 4) is 0 Å². The average Bonchev–Trinajstić information content (AvgIpc) is 3.04. The van der Waals surface area contributed by atoms with Crippen LogP contribution in [-0.2, 0) is 11.2 Å². The van der Waals surface area contributed by atoms with Gasteiger partial charge in [-0.3, -0.25) is 4.79 Å². The molecule has 0 amide bonds. The number of hydrogen-bond acceptors (Lipinski definition) is 1. The third-order valence-electron chi connectivity index (χ3n) is 2.62. The largest absolute Gasteiger partial charge is 0.298 e. The molecule has 0 saturated heterocycles. The fraction of sp³-hybridized carbons (Fsp3) is 0.417. The Morgan fingerprint density at radius 2 is 1.93 bits per heavy atom. The number of rotatable bonds is 4. The van der Waals surface area contributed by atoms with E-state index in [9.17, 15) is 4.79 Å². The van der Waals surface area contributed by atoms with Gasteiger partial charge in [0.25, 0.3) is 0 Å². The zero-order valence-electron chi connectivity index (χ0n) is 8.25. The summed E-state index contributed by atoms with van der Waals surface area (Å²) in [5, 5.41) is 0. The molecule has 1 unspecified atom stereocenters. The van der Waals surface area contributed by atoms with Gasteiger partial charge in [0.15, 0.2) is 0 Å². The second-order valence-electron chi connectivity index (χ2n) is 3.97. The lowest BCUT2D eigenvalue weighted by molar-refractivity contribution is -0.119. The van der Waals surface area contributed by atoms with Gasteiger partial charge < -0.3 is 0 Å². The van der Waals surface area contributed by atoms with Crippen molar-refractivity contribution < 1.29 is 4.79 Å². The van der Waals surface area contributed by atoms with Gasteiger partial charge in [-0.1, -0.05) is 44.0 Å². The normalized spacial score (nSPS) is 17.5. The van der Waals surface area contributed by atoms with E-state index < -0.39 is 0 Å². The van der Waals surface area contributed by atoms with Crippen LogP contribution in [0.4, 0.5) is 0 Å². The van der Waals surface area contributed by atoms with E-state index in [1.807, 2.05) is 12.1 Å². The molecule has 80 valence electrons. The Balaban J connectivity index is 1.95. The summed E-state index contributed by atoms with van der Waals surface area (Å²) in [4.78, 5) is 11.7. The average molecular weight is 332 g/mol. The van der Waals surface area contributed by atoms with Crippen LogP contribution in [0.15, 0.2) is 28.7 Å². The molecule has 1 saturated carbocycles. The minimum atomic E-state index is -0.00817. The number of alkyl halides is 1. The maximum absolute atomic E-state index is 11.7. The van der Waals surface area contributed by atoms with Crippen molar-refractivity contribution in [3.05, 3.63) is 34.3 Å². The van der Waals surface area contributed by atoms with Crippen LogP contribution in [-0.4, -0.2) is 10.6 Å². The summed E-state index contributed by atoms with van der Waals surface area (Å²) in [6, 6.07) is 8.13. The highest BCUT2D eigenvalue weighted by molar-refractivity contribution is 9.10. The second kappa shape index (κ2) is 4.79. The molecule has 1 fully saturated rings. The zero-order chi connectivity index (χ0) is 10.8. The molecule has 0 spiro atoms. The van der Waals surface area contributed by atoms with E-state index >= 15 is 0 Å². The lowest BCUT2D eigenvalue weighted by Crippen LogP contribution is -2.18. The zero-order valence-corrected chi connectivity index (χ0v) is 11.4. The van der Waals surface area contributed by atoms with Gasteiger partial charge in [-0.25, -0.2) is 0 Å². The van der Waals surface area contributed by atoms with Crippen LogP contribution in [0.25, 0.3) is 0 Å². The Labute approximate surface area is 107 Å². The molecule has 3 heteroatoms. The molecule has 0 N–H and O–H groups in total. The first-order valence-corrected chi connectivity index (χ1v) is 6.80. The summed E-state index contributed by atoms with van der Waals surface area (Å²) in [5.41, 5.74) is 1.20. The summed E-state index contributed by atoms with van der Waals surface area (Å²) in [6.07, 6.45) is 2.96. The fourth-order valence-corrected chi connectivity index (χ4v) is 2.56. The first-order valence-electron chi connectivity index (χ1n) is 5.09. The van der Waals surface area contributed by atoms with Crippen molar-refractivity contribution in [3.63, 3.8) is 0 Å². The molecule has 1 aliphatic rings. The monoisotopic (exact) mass is 330 g/mol. The Kier molecular flexibility index (Phi) is 3.62. The Morgan fingerprint density at radius 1 is 1.33 bits per heavy atom. The summed E-state index contributed by atoms with van der Waals surface area (Å²) in [5.74, 6) is 0.711. The smallest absolute Gasteiger partial charge is 0.149 e. The van der Waals surface area contributed by atoms with E-state index in [2.05, 4.69) is 44.0 Å². The second-order valence-corrected chi connectivity index (χ2v) is 6.00. The van der Waals surface area contributed by atoms with E-state index in [1.54, 1.807) is 0 Å². The predicted octanol–water partition coefficient (Wildman–Crippen LogP) is 3.73. The number of halogens is 2. The van der Waals surface area contributed by atoms with Crippen LogP contribution in [0, 0.1) is 5.92 Å². The number of ketones is 1. The molecule has 0 aromatic heterocycles. The van der Waals surface area contributed by atoms with Crippen LogP contribution < -0.4 is 0 Å². The number of hydrogen-bond donors (Lipinski definition) is 0. The summed E-state index contributed by atoms with van der Waals surface area (Å²) < 4.78 is 1.07. The molecular weight excluding hydrogens is 320 g/mol. The minimum absolute atomic E-state index is 0.00817. The van der Waals surface area contributed by atoms with Gasteiger partial charge in [0, 0.05) is 10.4 Å². The van der Waals surface area contributed by atoms with Gasteiger partial charge >= 0.3 is 0 Å². The SMILES string of the molecule is O=C(C(Br)Cc1ccc(Br)cc1)C1CC1. The molecule has 1 aromatic rings. The van der Waals surface area contributed by atoms with Gasteiger partial charge in [-0.15, -0.1) is 0 Å². The van der Waals surface area contributed by atoms with E-state index in [-0.39, 0.29) is 4.83 Å². The minimum Gasteiger partial charge on any atom is -0.298 e. The van der Waals surface area contributed by atoms with E-state index in [0.29, 0.717) is 11.7 Å². The topological polar surface area (TPSA) is 17.1 Å². The Morgan fingerprint density at radius 3 is 2.47 bits per heavy atom.